The van der Waals surface area contributed by atoms with Crippen LogP contribution in [-0.4, -0.2) is 27.2 Å². The van der Waals surface area contributed by atoms with Crippen LogP contribution >= 0.6 is 35.0 Å². The summed E-state index contributed by atoms with van der Waals surface area (Å²) in [6.45, 7) is 0.521. The van der Waals surface area contributed by atoms with Crippen LogP contribution in [0.15, 0.2) is 47.6 Å². The molecule has 0 aliphatic carbocycles. The lowest BCUT2D eigenvalue weighted by Gasteiger charge is -2.08. The van der Waals surface area contributed by atoms with E-state index in [0.29, 0.717) is 44.9 Å². The maximum absolute atomic E-state index is 12.9. The molecule has 0 aliphatic rings. The molecule has 0 amide bonds. The molecular weight excluding hydrogens is 414 g/mol. The second-order valence-electron chi connectivity index (χ2n) is 5.28. The fraction of sp³-hybridized carbons (Fsp3) is 0.176. The van der Waals surface area contributed by atoms with E-state index in [2.05, 4.69) is 10.2 Å². The molecule has 3 rings (SSSR count). The molecule has 0 radical (unpaired) electrons. The van der Waals surface area contributed by atoms with Gasteiger partial charge in [-0.15, -0.1) is 10.2 Å². The number of hydrogen-bond acceptors (Lipinski definition) is 6. The average molecular weight is 429 g/mol. The highest BCUT2D eigenvalue weighted by atomic mass is 35.5. The molecule has 27 heavy (non-hydrogen) atoms. The van der Waals surface area contributed by atoms with Crippen LogP contribution in [0.4, 0.5) is 4.39 Å². The molecule has 0 aliphatic heterocycles. The van der Waals surface area contributed by atoms with Gasteiger partial charge in [0.05, 0.1) is 11.6 Å². The van der Waals surface area contributed by atoms with Gasteiger partial charge in [-0.05, 0) is 42.5 Å². The molecular formula is C17H15Cl2FN4O2S. The molecule has 6 nitrogen and oxygen atoms in total. The first kappa shape index (κ1) is 19.6. The Morgan fingerprint density at radius 1 is 1.07 bits per heavy atom. The van der Waals surface area contributed by atoms with Crippen molar-refractivity contribution in [2.24, 2.45) is 0 Å². The van der Waals surface area contributed by atoms with E-state index in [1.165, 1.54) is 40.7 Å². The summed E-state index contributed by atoms with van der Waals surface area (Å²) in [6.07, 6.45) is 0. The molecule has 2 aromatic carbocycles. The Morgan fingerprint density at radius 2 is 1.85 bits per heavy atom. The SMILES string of the molecule is Nn1c(COc2ccc(F)cc2)nnc1SCCOc1ccc(Cl)cc1Cl. The molecule has 0 spiro atoms. The lowest BCUT2D eigenvalue weighted by atomic mass is 10.3. The van der Waals surface area contributed by atoms with Crippen LogP contribution in [0.2, 0.25) is 10.0 Å². The Balaban J connectivity index is 1.47. The van der Waals surface area contributed by atoms with Gasteiger partial charge in [0.2, 0.25) is 5.16 Å². The predicted molar refractivity (Wildman–Crippen MR) is 104 cm³/mol. The van der Waals surface area contributed by atoms with Crippen molar-refractivity contribution in [1.82, 2.24) is 14.9 Å². The van der Waals surface area contributed by atoms with E-state index in [9.17, 15) is 4.39 Å². The van der Waals surface area contributed by atoms with Crippen LogP contribution in [0.25, 0.3) is 0 Å². The van der Waals surface area contributed by atoms with Crippen LogP contribution in [-0.2, 0) is 6.61 Å². The van der Waals surface area contributed by atoms with Crippen molar-refractivity contribution < 1.29 is 13.9 Å². The van der Waals surface area contributed by atoms with Crippen molar-refractivity contribution in [2.45, 2.75) is 11.8 Å². The third-order valence-electron chi connectivity index (χ3n) is 3.38. The number of aromatic nitrogens is 3. The number of hydrogen-bond donors (Lipinski definition) is 1. The molecule has 10 heteroatoms. The van der Waals surface area contributed by atoms with Gasteiger partial charge >= 0.3 is 0 Å². The molecule has 0 saturated carbocycles. The van der Waals surface area contributed by atoms with Gasteiger partial charge in [-0.3, -0.25) is 0 Å². The summed E-state index contributed by atoms with van der Waals surface area (Å²) in [5.41, 5.74) is 0. The van der Waals surface area contributed by atoms with Gasteiger partial charge in [0.1, 0.15) is 23.9 Å². The molecule has 1 aromatic heterocycles. The molecule has 2 N–H and O–H groups in total. The van der Waals surface area contributed by atoms with Crippen LogP contribution in [0.5, 0.6) is 11.5 Å². The van der Waals surface area contributed by atoms with Gasteiger partial charge in [0, 0.05) is 10.8 Å². The number of ether oxygens (including phenoxy) is 2. The number of benzene rings is 2. The van der Waals surface area contributed by atoms with Gasteiger partial charge in [-0.25, -0.2) is 9.07 Å². The standard InChI is InChI=1S/C17H15Cl2FN4O2S/c18-11-1-6-15(14(19)9-11)25-7-8-27-17-23-22-16(24(17)21)10-26-13-4-2-12(20)3-5-13/h1-6,9H,7-8,10,21H2. The Bertz CT molecular complexity index is 908. The zero-order valence-electron chi connectivity index (χ0n) is 13.9. The highest BCUT2D eigenvalue weighted by molar-refractivity contribution is 7.99. The van der Waals surface area contributed by atoms with Crippen molar-refractivity contribution in [3.8, 4) is 11.5 Å². The summed E-state index contributed by atoms with van der Waals surface area (Å²) >= 11 is 13.3. The summed E-state index contributed by atoms with van der Waals surface area (Å²) < 4.78 is 25.4. The number of thioether (sulfide) groups is 1. The Hall–Kier alpha value is -2.16. The van der Waals surface area contributed by atoms with Gasteiger partial charge in [-0.1, -0.05) is 35.0 Å². The quantitative estimate of drug-likeness (QED) is 0.329. The minimum absolute atomic E-state index is 0.118. The number of nitrogens with zero attached hydrogens (tertiary/aromatic N) is 3. The van der Waals surface area contributed by atoms with E-state index in [4.69, 9.17) is 38.5 Å². The normalized spacial score (nSPS) is 10.8. The largest absolute Gasteiger partial charge is 0.491 e. The van der Waals surface area contributed by atoms with Crippen LogP contribution in [0.3, 0.4) is 0 Å². The summed E-state index contributed by atoms with van der Waals surface area (Å²) in [5, 5.41) is 9.56. The summed E-state index contributed by atoms with van der Waals surface area (Å²) in [5.74, 6) is 7.76. The second kappa shape index (κ2) is 9.16. The molecule has 0 bridgehead atoms. The molecule has 0 saturated heterocycles. The van der Waals surface area contributed by atoms with E-state index >= 15 is 0 Å². The monoisotopic (exact) mass is 428 g/mol. The number of nitrogen functional groups attached to an aromatic ring is 1. The highest BCUT2D eigenvalue weighted by Crippen LogP contribution is 2.27. The van der Waals surface area contributed by atoms with Gasteiger partial charge in [0.15, 0.2) is 5.82 Å². The van der Waals surface area contributed by atoms with E-state index in [1.807, 2.05) is 0 Å². The van der Waals surface area contributed by atoms with Crippen molar-refractivity contribution >= 4 is 35.0 Å². The van der Waals surface area contributed by atoms with Crippen LogP contribution in [0, 0.1) is 5.82 Å². The van der Waals surface area contributed by atoms with Crippen LogP contribution < -0.4 is 15.3 Å². The van der Waals surface area contributed by atoms with E-state index in [0.717, 1.165) is 0 Å². The van der Waals surface area contributed by atoms with E-state index in [-0.39, 0.29) is 12.4 Å². The molecule has 0 atom stereocenters. The fourth-order valence-corrected chi connectivity index (χ4v) is 3.21. The maximum Gasteiger partial charge on any atom is 0.210 e. The number of rotatable bonds is 8. The number of nitrogens with two attached hydrogens (primary N) is 1. The first-order chi connectivity index (χ1) is 13.0. The summed E-state index contributed by atoms with van der Waals surface area (Å²) in [4.78, 5) is 0. The van der Waals surface area contributed by atoms with Gasteiger partial charge in [0.25, 0.3) is 0 Å². The zero-order valence-corrected chi connectivity index (χ0v) is 16.3. The number of halogens is 3. The second-order valence-corrected chi connectivity index (χ2v) is 7.19. The average Bonchev–Trinajstić information content (AvgIpc) is 3.00. The van der Waals surface area contributed by atoms with E-state index < -0.39 is 0 Å². The Kier molecular flexibility index (Phi) is 6.65. The molecule has 1 heterocycles. The van der Waals surface area contributed by atoms with Crippen molar-refractivity contribution in [3.63, 3.8) is 0 Å². The zero-order chi connectivity index (χ0) is 19.2. The van der Waals surface area contributed by atoms with E-state index in [1.54, 1.807) is 18.2 Å². The maximum atomic E-state index is 12.9. The minimum atomic E-state index is -0.329. The third kappa shape index (κ3) is 5.41. The Morgan fingerprint density at radius 3 is 2.59 bits per heavy atom. The summed E-state index contributed by atoms with van der Waals surface area (Å²) in [6, 6.07) is 10.7. The minimum Gasteiger partial charge on any atom is -0.491 e. The van der Waals surface area contributed by atoms with Crippen LogP contribution in [0.1, 0.15) is 5.82 Å². The molecule has 142 valence electrons. The molecule has 0 unspecified atom stereocenters. The third-order valence-corrected chi connectivity index (χ3v) is 4.82. The Labute approximate surface area is 169 Å². The first-order valence-electron chi connectivity index (χ1n) is 7.81. The van der Waals surface area contributed by atoms with Crippen molar-refractivity contribution in [1.29, 1.82) is 0 Å². The predicted octanol–water partition coefficient (Wildman–Crippen LogP) is 4.19. The summed E-state index contributed by atoms with van der Waals surface area (Å²) in [7, 11) is 0. The highest BCUT2D eigenvalue weighted by Gasteiger charge is 2.11. The van der Waals surface area contributed by atoms with Gasteiger partial charge in [-0.2, -0.15) is 0 Å². The lowest BCUT2D eigenvalue weighted by molar-refractivity contribution is 0.291. The van der Waals surface area contributed by atoms with Gasteiger partial charge < -0.3 is 15.3 Å². The lowest BCUT2D eigenvalue weighted by Crippen LogP contribution is -2.16. The molecule has 0 fully saturated rings. The van der Waals surface area contributed by atoms with Crippen molar-refractivity contribution in [2.75, 3.05) is 18.2 Å². The smallest absolute Gasteiger partial charge is 0.210 e. The van der Waals surface area contributed by atoms with Crippen molar-refractivity contribution in [3.05, 3.63) is 64.2 Å². The molecule has 3 aromatic rings. The fourth-order valence-electron chi connectivity index (χ4n) is 2.06. The topological polar surface area (TPSA) is 75.2 Å². The first-order valence-corrected chi connectivity index (χ1v) is 9.55.